The Morgan fingerprint density at radius 1 is 0.885 bits per heavy atom. The van der Waals surface area contributed by atoms with Gasteiger partial charge in [-0.15, -0.1) is 0 Å². The molecule has 0 bridgehead atoms. The summed E-state index contributed by atoms with van der Waals surface area (Å²) in [5, 5.41) is 9.22. The summed E-state index contributed by atoms with van der Waals surface area (Å²) in [4.78, 5) is 115. The average molecular weight is 740 g/mol. The zero-order valence-corrected chi connectivity index (χ0v) is 30.5. The van der Waals surface area contributed by atoms with Crippen LogP contribution in [-0.4, -0.2) is 120 Å². The molecule has 4 atom stereocenters. The number of likely N-dealkylation sites (tertiary alicyclic amines) is 1. The van der Waals surface area contributed by atoms with Gasteiger partial charge in [0.1, 0.15) is 24.3 Å². The normalized spacial score (nSPS) is 18.8. The van der Waals surface area contributed by atoms with E-state index < -0.39 is 102 Å². The number of rotatable bonds is 18. The Morgan fingerprint density at radius 3 is 2.08 bits per heavy atom. The van der Waals surface area contributed by atoms with E-state index in [1.54, 1.807) is 34.6 Å². The van der Waals surface area contributed by atoms with Crippen molar-refractivity contribution in [2.75, 3.05) is 26.3 Å². The van der Waals surface area contributed by atoms with Crippen LogP contribution in [0.25, 0.3) is 0 Å². The van der Waals surface area contributed by atoms with E-state index in [2.05, 4.69) is 16.0 Å². The number of alkyl carbamates (subject to hydrolysis) is 1. The summed E-state index contributed by atoms with van der Waals surface area (Å²) in [6.45, 7) is 7.04. The number of hydrogen-bond donors (Lipinski definition) is 6. The lowest BCUT2D eigenvalue weighted by Crippen LogP contribution is -2.58. The molecule has 8 N–H and O–H groups in total. The van der Waals surface area contributed by atoms with Gasteiger partial charge in [0.05, 0.1) is 25.3 Å². The molecule has 0 aromatic rings. The van der Waals surface area contributed by atoms with Crippen molar-refractivity contribution in [2.45, 2.75) is 122 Å². The van der Waals surface area contributed by atoms with Crippen LogP contribution in [0.4, 0.5) is 4.79 Å². The van der Waals surface area contributed by atoms with E-state index in [4.69, 9.17) is 25.7 Å². The van der Waals surface area contributed by atoms with Crippen LogP contribution >= 0.6 is 0 Å². The Hall–Kier alpha value is -4.81. The third-order valence-corrected chi connectivity index (χ3v) is 8.36. The van der Waals surface area contributed by atoms with Gasteiger partial charge >= 0.3 is 12.1 Å². The van der Waals surface area contributed by atoms with Crippen LogP contribution in [0.2, 0.25) is 0 Å². The number of nitrogens with zero attached hydrogens (tertiary/aromatic N) is 1. The summed E-state index contributed by atoms with van der Waals surface area (Å²) in [6, 6.07) is -5.48. The minimum Gasteiger partial charge on any atom is -0.458 e. The smallest absolute Gasteiger partial charge is 0.407 e. The maximum atomic E-state index is 14.2. The molecule has 0 aromatic heterocycles. The van der Waals surface area contributed by atoms with E-state index in [-0.39, 0.29) is 31.9 Å². The minimum absolute atomic E-state index is 0.00394. The van der Waals surface area contributed by atoms with Crippen molar-refractivity contribution in [3.63, 3.8) is 0 Å². The predicted molar refractivity (Wildman–Crippen MR) is 181 cm³/mol. The van der Waals surface area contributed by atoms with Crippen molar-refractivity contribution in [2.24, 2.45) is 17.4 Å². The number of primary amides is 2. The number of esters is 1. The van der Waals surface area contributed by atoms with Gasteiger partial charge in [0.2, 0.25) is 35.3 Å². The van der Waals surface area contributed by atoms with Crippen molar-refractivity contribution in [3.05, 3.63) is 0 Å². The number of hydrogen-bond acceptors (Lipinski definition) is 12. The van der Waals surface area contributed by atoms with Crippen LogP contribution in [0.5, 0.6) is 0 Å². The van der Waals surface area contributed by atoms with E-state index in [0.717, 1.165) is 19.3 Å². The van der Waals surface area contributed by atoms with Gasteiger partial charge in [-0.25, -0.2) is 9.59 Å². The zero-order valence-electron chi connectivity index (χ0n) is 30.5. The largest absolute Gasteiger partial charge is 0.458 e. The molecule has 1 saturated carbocycles. The lowest BCUT2D eigenvalue weighted by Gasteiger charge is -2.34. The highest BCUT2D eigenvalue weighted by molar-refractivity contribution is 6.38. The zero-order chi connectivity index (χ0) is 39.2. The first-order valence-corrected chi connectivity index (χ1v) is 17.5. The van der Waals surface area contributed by atoms with Crippen LogP contribution in [0.15, 0.2) is 0 Å². The number of carbonyl (C=O) groups excluding carboxylic acids is 9. The molecule has 2 fully saturated rings. The highest BCUT2D eigenvalue weighted by atomic mass is 16.6. The average Bonchev–Trinajstić information content (AvgIpc) is 3.51. The summed E-state index contributed by atoms with van der Waals surface area (Å²) < 4.78 is 16.1. The Labute approximate surface area is 302 Å². The standard InChI is InChI=1S/C33H53N7O12/c1-6-11-20(26(43)30(47)36-15-22(41)38-25(27(34)44)28(35)45)37-29(46)21-14-19(51-17-23(42)52-33(3,4)5)16-40(21)31(48)24(39-32(49)50-7-2)18-12-9-8-10-13-18/h18-21,24-25H,6-17H2,1-5H3,(H2,34,44)(H2,35,45)(H,36,47)(H,37,46)(H,38,41)(H,39,49)/t19-,20?,21+,24?/m1/s1. The first kappa shape index (κ1) is 43.4. The van der Waals surface area contributed by atoms with Crippen molar-refractivity contribution in [3.8, 4) is 0 Å². The maximum absolute atomic E-state index is 14.2. The van der Waals surface area contributed by atoms with Crippen LogP contribution in [0.1, 0.15) is 86.0 Å². The fourth-order valence-electron chi connectivity index (χ4n) is 6.02. The second-order valence-electron chi connectivity index (χ2n) is 13.7. The third-order valence-electron chi connectivity index (χ3n) is 8.36. The van der Waals surface area contributed by atoms with Crippen LogP contribution in [0, 0.1) is 5.92 Å². The van der Waals surface area contributed by atoms with E-state index in [0.29, 0.717) is 19.3 Å². The molecule has 2 aliphatic rings. The first-order chi connectivity index (χ1) is 24.4. The number of ether oxygens (including phenoxy) is 3. The summed E-state index contributed by atoms with van der Waals surface area (Å²) >= 11 is 0. The number of ketones is 1. The number of Topliss-reactive ketones (excluding diaryl/α,β-unsaturated/α-hetero) is 1. The third kappa shape index (κ3) is 13.7. The molecule has 0 spiro atoms. The molecule has 1 aliphatic carbocycles. The molecule has 292 valence electrons. The van der Waals surface area contributed by atoms with Gasteiger partial charge in [-0.05, 0) is 52.9 Å². The topological polar surface area (TPSA) is 285 Å². The Bertz CT molecular complexity index is 1330. The molecular weight excluding hydrogens is 686 g/mol. The number of nitrogens with one attached hydrogen (secondary N) is 4. The molecule has 1 saturated heterocycles. The van der Waals surface area contributed by atoms with Gasteiger partial charge in [-0.1, -0.05) is 32.6 Å². The fourth-order valence-corrected chi connectivity index (χ4v) is 6.02. The molecule has 52 heavy (non-hydrogen) atoms. The van der Waals surface area contributed by atoms with E-state index in [1.165, 1.54) is 4.90 Å². The minimum atomic E-state index is -1.84. The molecule has 0 radical (unpaired) electrons. The van der Waals surface area contributed by atoms with Crippen molar-refractivity contribution < 1.29 is 57.4 Å². The lowest BCUT2D eigenvalue weighted by molar-refractivity contribution is -0.162. The highest BCUT2D eigenvalue weighted by Crippen LogP contribution is 2.30. The summed E-state index contributed by atoms with van der Waals surface area (Å²) in [5.74, 6) is -8.13. The molecule has 2 unspecified atom stereocenters. The molecule has 7 amide bonds. The molecular formula is C33H53N7O12. The van der Waals surface area contributed by atoms with Gasteiger partial charge in [0, 0.05) is 13.0 Å². The van der Waals surface area contributed by atoms with Gasteiger partial charge in [0.25, 0.3) is 5.91 Å². The van der Waals surface area contributed by atoms with Gasteiger partial charge in [-0.2, -0.15) is 0 Å². The molecule has 19 nitrogen and oxygen atoms in total. The summed E-state index contributed by atoms with van der Waals surface area (Å²) in [7, 11) is 0. The molecule has 0 aromatic carbocycles. The maximum Gasteiger partial charge on any atom is 0.407 e. The summed E-state index contributed by atoms with van der Waals surface area (Å²) in [5.41, 5.74) is 9.27. The molecule has 1 aliphatic heterocycles. The Balaban J connectivity index is 2.28. The highest BCUT2D eigenvalue weighted by Gasteiger charge is 2.45. The Kier molecular flexibility index (Phi) is 16.9. The number of carbonyl (C=O) groups is 9. The van der Waals surface area contributed by atoms with Crippen molar-refractivity contribution >= 4 is 53.3 Å². The van der Waals surface area contributed by atoms with Crippen molar-refractivity contribution in [1.82, 2.24) is 26.2 Å². The van der Waals surface area contributed by atoms with Crippen molar-refractivity contribution in [1.29, 1.82) is 0 Å². The van der Waals surface area contributed by atoms with E-state index >= 15 is 0 Å². The molecule has 2 rings (SSSR count). The second-order valence-corrected chi connectivity index (χ2v) is 13.7. The Morgan fingerprint density at radius 2 is 1.52 bits per heavy atom. The number of amides is 7. The predicted octanol–water partition coefficient (Wildman–Crippen LogP) is -1.57. The number of nitrogens with two attached hydrogens (primary N) is 2. The summed E-state index contributed by atoms with van der Waals surface area (Å²) in [6.07, 6.45) is 2.60. The molecule has 1 heterocycles. The second kappa shape index (κ2) is 20.3. The van der Waals surface area contributed by atoms with Gasteiger partial charge in [-0.3, -0.25) is 33.6 Å². The van der Waals surface area contributed by atoms with Gasteiger partial charge < -0.3 is 51.8 Å². The first-order valence-electron chi connectivity index (χ1n) is 17.5. The molecule has 19 heteroatoms. The monoisotopic (exact) mass is 739 g/mol. The lowest BCUT2D eigenvalue weighted by atomic mass is 9.83. The fraction of sp³-hybridized carbons (Fsp3) is 0.727. The van der Waals surface area contributed by atoms with E-state index in [1.807, 2.05) is 5.32 Å². The van der Waals surface area contributed by atoms with Crippen LogP contribution in [-0.2, 0) is 52.6 Å². The quantitative estimate of drug-likeness (QED) is 0.0529. The van der Waals surface area contributed by atoms with Gasteiger partial charge in [0.15, 0.2) is 6.04 Å². The van der Waals surface area contributed by atoms with Crippen LogP contribution < -0.4 is 32.7 Å². The SMILES string of the molecule is CCCC(NC(=O)[C@@H]1C[C@@H](OCC(=O)OC(C)(C)C)CN1C(=O)C(NC(=O)OCC)C1CCCCC1)C(=O)C(=O)NCC(=O)NC(C(N)=O)C(N)=O. The van der Waals surface area contributed by atoms with Crippen LogP contribution in [0.3, 0.4) is 0 Å². The van der Waals surface area contributed by atoms with E-state index in [9.17, 15) is 43.2 Å².